The van der Waals surface area contributed by atoms with Crippen LogP contribution < -0.4 is 5.84 Å². The predicted molar refractivity (Wildman–Crippen MR) is 122 cm³/mol. The summed E-state index contributed by atoms with van der Waals surface area (Å²) in [4.78, 5) is 31.1. The summed E-state index contributed by atoms with van der Waals surface area (Å²) >= 11 is 0. The number of carbonyl (C=O) groups excluding carboxylic acids is 1. The predicted octanol–water partition coefficient (Wildman–Crippen LogP) is 2.55. The van der Waals surface area contributed by atoms with Gasteiger partial charge in [0.2, 0.25) is 5.82 Å². The van der Waals surface area contributed by atoms with Crippen LogP contribution in [0.25, 0.3) is 11.7 Å². The Morgan fingerprint density at radius 1 is 1.29 bits per heavy atom. The summed E-state index contributed by atoms with van der Waals surface area (Å²) in [5.41, 5.74) is 3.89. The van der Waals surface area contributed by atoms with Gasteiger partial charge in [0, 0.05) is 37.3 Å². The molecule has 5 heterocycles. The van der Waals surface area contributed by atoms with E-state index in [1.54, 1.807) is 34.7 Å². The first kappa shape index (κ1) is 21.7. The van der Waals surface area contributed by atoms with Gasteiger partial charge in [0.1, 0.15) is 0 Å². The summed E-state index contributed by atoms with van der Waals surface area (Å²) in [6, 6.07) is 1.37. The Kier molecular flexibility index (Phi) is 5.76. The van der Waals surface area contributed by atoms with Crippen molar-refractivity contribution in [3.8, 4) is 11.7 Å². The number of hydrogen-bond donors (Lipinski definition) is 2. The third kappa shape index (κ3) is 4.01. The maximum atomic E-state index is 13.4. The van der Waals surface area contributed by atoms with Crippen LogP contribution in [0.4, 0.5) is 0 Å². The second-order valence-electron chi connectivity index (χ2n) is 8.37. The van der Waals surface area contributed by atoms with Crippen molar-refractivity contribution < 1.29 is 9.21 Å². The molecule has 1 atom stereocenters. The van der Waals surface area contributed by atoms with Crippen LogP contribution in [0.15, 0.2) is 64.9 Å². The summed E-state index contributed by atoms with van der Waals surface area (Å²) in [5.74, 6) is 6.42. The van der Waals surface area contributed by atoms with Crippen LogP contribution in [-0.2, 0) is 6.42 Å². The fraction of sp³-hybridized carbons (Fsp3) is 0.304. The number of allylic oxidation sites excluding steroid dienone is 3. The highest BCUT2D eigenvalue weighted by Gasteiger charge is 2.35. The van der Waals surface area contributed by atoms with Gasteiger partial charge in [-0.1, -0.05) is 26.0 Å². The first-order chi connectivity index (χ1) is 16.5. The number of nitrogens with zero attached hydrogens (tertiary/aromatic N) is 7. The van der Waals surface area contributed by atoms with Gasteiger partial charge in [0.25, 0.3) is 5.89 Å². The van der Waals surface area contributed by atoms with Crippen LogP contribution in [0, 0.1) is 5.92 Å². The van der Waals surface area contributed by atoms with E-state index in [1.165, 1.54) is 0 Å². The fourth-order valence-electron chi connectivity index (χ4n) is 4.26. The molecule has 0 spiro atoms. The number of imidazole rings is 1. The van der Waals surface area contributed by atoms with Gasteiger partial charge in [-0.25, -0.2) is 20.8 Å². The first-order valence-electron chi connectivity index (χ1n) is 11.1. The van der Waals surface area contributed by atoms with Crippen LogP contribution in [0.3, 0.4) is 0 Å². The van der Waals surface area contributed by atoms with Gasteiger partial charge in [0.05, 0.1) is 23.8 Å². The second kappa shape index (κ2) is 9.02. The molecule has 0 saturated heterocycles. The Balaban J connectivity index is 1.44. The summed E-state index contributed by atoms with van der Waals surface area (Å²) < 4.78 is 5.63. The lowest BCUT2D eigenvalue weighted by Crippen LogP contribution is -2.40. The zero-order valence-corrected chi connectivity index (χ0v) is 18.9. The van der Waals surface area contributed by atoms with E-state index in [1.807, 2.05) is 12.3 Å². The molecule has 0 saturated carbocycles. The molecule has 3 aromatic rings. The smallest absolute Gasteiger partial charge is 0.312 e. The number of aromatic nitrogens is 6. The van der Waals surface area contributed by atoms with Crippen molar-refractivity contribution in [1.29, 1.82) is 0 Å². The molecule has 174 valence electrons. The first-order valence-corrected chi connectivity index (χ1v) is 11.1. The van der Waals surface area contributed by atoms with Crippen LogP contribution in [0.5, 0.6) is 0 Å². The zero-order chi connectivity index (χ0) is 23.7. The number of nitrogens with one attached hydrogen (secondary N) is 1. The molecule has 2 aliphatic rings. The number of hydrazine groups is 1. The second-order valence-corrected chi connectivity index (χ2v) is 8.37. The molecule has 1 amide bonds. The quantitative estimate of drug-likeness (QED) is 0.550. The molecule has 0 aliphatic carbocycles. The Labute approximate surface area is 196 Å². The fourth-order valence-corrected chi connectivity index (χ4v) is 4.26. The van der Waals surface area contributed by atoms with E-state index in [-0.39, 0.29) is 29.6 Å². The lowest BCUT2D eigenvalue weighted by molar-refractivity contribution is 0.0616. The highest BCUT2D eigenvalue weighted by Crippen LogP contribution is 2.34. The minimum atomic E-state index is -0.362. The lowest BCUT2D eigenvalue weighted by atomic mass is 9.94. The zero-order valence-electron chi connectivity index (χ0n) is 18.9. The SMILES string of the molecule is CC(C)C1=CC=CN(N)/C1=C\C[C@H]1c2nc[nH]c2CCN1C(=O)c1nnc(-c2ncccn2)o1. The molecule has 11 heteroatoms. The van der Waals surface area contributed by atoms with Crippen molar-refractivity contribution in [3.05, 3.63) is 77.8 Å². The van der Waals surface area contributed by atoms with Crippen molar-refractivity contribution >= 4 is 5.91 Å². The van der Waals surface area contributed by atoms with Gasteiger partial charge in [-0.15, -0.1) is 10.2 Å². The maximum Gasteiger partial charge on any atom is 0.312 e. The molecule has 11 nitrogen and oxygen atoms in total. The molecule has 34 heavy (non-hydrogen) atoms. The minimum Gasteiger partial charge on any atom is -0.409 e. The number of carbonyl (C=O) groups is 1. The molecule has 0 fully saturated rings. The van der Waals surface area contributed by atoms with E-state index in [0.717, 1.165) is 22.7 Å². The lowest BCUT2D eigenvalue weighted by Gasteiger charge is -2.34. The van der Waals surface area contributed by atoms with Gasteiger partial charge in [-0.3, -0.25) is 9.80 Å². The van der Waals surface area contributed by atoms with Crippen LogP contribution in [0.2, 0.25) is 0 Å². The van der Waals surface area contributed by atoms with E-state index in [2.05, 4.69) is 56.1 Å². The van der Waals surface area contributed by atoms with Crippen molar-refractivity contribution in [2.45, 2.75) is 32.7 Å². The normalized spacial score (nSPS) is 19.0. The topological polar surface area (TPSA) is 143 Å². The number of hydrogen-bond acceptors (Lipinski definition) is 9. The Hall–Kier alpha value is -4.12. The Morgan fingerprint density at radius 2 is 2.12 bits per heavy atom. The standard InChI is InChI=1S/C23H25N9O2/c1-14(2)15-5-3-11-32(24)17(15)6-7-18-19-16(27-13-28-19)8-12-31(18)23(33)22-30-29-21(34-22)20-25-9-4-10-26-20/h3-6,9-11,13-14,18H,7-8,12,24H2,1-2H3,(H,27,28)/b17-6-/t18-/m0/s1. The Bertz CT molecular complexity index is 1270. The summed E-state index contributed by atoms with van der Waals surface area (Å²) in [5, 5.41) is 9.54. The molecular formula is C23H25N9O2. The van der Waals surface area contributed by atoms with E-state index in [9.17, 15) is 4.79 Å². The van der Waals surface area contributed by atoms with Gasteiger partial charge in [-0.05, 0) is 30.1 Å². The monoisotopic (exact) mass is 459 g/mol. The maximum absolute atomic E-state index is 13.4. The molecule has 0 unspecified atom stereocenters. The minimum absolute atomic E-state index is 0.0968. The number of H-pyrrole nitrogens is 1. The average Bonchev–Trinajstić information content (AvgIpc) is 3.53. The molecule has 5 rings (SSSR count). The molecule has 2 aliphatic heterocycles. The van der Waals surface area contributed by atoms with Crippen LogP contribution in [0.1, 0.15) is 48.4 Å². The summed E-state index contributed by atoms with van der Waals surface area (Å²) in [6.07, 6.45) is 13.8. The Morgan fingerprint density at radius 3 is 2.91 bits per heavy atom. The van der Waals surface area contributed by atoms with Gasteiger partial charge < -0.3 is 14.3 Å². The van der Waals surface area contributed by atoms with Gasteiger partial charge in [0.15, 0.2) is 0 Å². The number of amides is 1. The van der Waals surface area contributed by atoms with Crippen molar-refractivity contribution in [1.82, 2.24) is 40.0 Å². The highest BCUT2D eigenvalue weighted by molar-refractivity contribution is 5.90. The van der Waals surface area contributed by atoms with E-state index in [4.69, 9.17) is 10.3 Å². The van der Waals surface area contributed by atoms with Crippen molar-refractivity contribution in [3.63, 3.8) is 0 Å². The van der Waals surface area contributed by atoms with Gasteiger partial charge in [-0.2, -0.15) is 0 Å². The molecule has 0 radical (unpaired) electrons. The van der Waals surface area contributed by atoms with E-state index in [0.29, 0.717) is 25.3 Å². The molecular weight excluding hydrogens is 434 g/mol. The number of fused-ring (bicyclic) bond motifs is 1. The van der Waals surface area contributed by atoms with E-state index < -0.39 is 0 Å². The van der Waals surface area contributed by atoms with Crippen molar-refractivity contribution in [2.75, 3.05) is 6.54 Å². The molecule has 0 aromatic carbocycles. The van der Waals surface area contributed by atoms with E-state index >= 15 is 0 Å². The largest absolute Gasteiger partial charge is 0.409 e. The third-order valence-corrected chi connectivity index (χ3v) is 5.92. The summed E-state index contributed by atoms with van der Waals surface area (Å²) in [7, 11) is 0. The molecule has 3 aromatic heterocycles. The average molecular weight is 460 g/mol. The number of nitrogens with two attached hydrogens (primary N) is 1. The van der Waals surface area contributed by atoms with Crippen molar-refractivity contribution in [2.24, 2.45) is 11.8 Å². The van der Waals surface area contributed by atoms with Crippen LogP contribution >= 0.6 is 0 Å². The number of aromatic amines is 1. The molecule has 3 N–H and O–H groups in total. The highest BCUT2D eigenvalue weighted by atomic mass is 16.4. The summed E-state index contributed by atoms with van der Waals surface area (Å²) in [6.45, 7) is 4.73. The van der Waals surface area contributed by atoms with Gasteiger partial charge >= 0.3 is 11.8 Å². The van der Waals surface area contributed by atoms with Crippen LogP contribution in [-0.4, -0.2) is 52.5 Å². The third-order valence-electron chi connectivity index (χ3n) is 5.92. The number of rotatable bonds is 5. The molecule has 0 bridgehead atoms.